The molecule has 2 N–H and O–H groups in total. The summed E-state index contributed by atoms with van der Waals surface area (Å²) in [5.74, 6) is 0.195. The molecule has 0 saturated heterocycles. The van der Waals surface area contributed by atoms with Gasteiger partial charge in [0.15, 0.2) is 0 Å². The average Bonchev–Trinajstić information content (AvgIpc) is 2.70. The number of rotatable bonds is 2. The van der Waals surface area contributed by atoms with Crippen LogP contribution < -0.4 is 10.2 Å². The molecule has 124 valence electrons. The number of ether oxygens (including phenoxy) is 1. The van der Waals surface area contributed by atoms with Crippen LogP contribution in [0.3, 0.4) is 0 Å². The van der Waals surface area contributed by atoms with E-state index in [4.69, 9.17) is 9.94 Å². The van der Waals surface area contributed by atoms with Crippen molar-refractivity contribution in [2.45, 2.75) is 39.2 Å². The van der Waals surface area contributed by atoms with E-state index < -0.39 is 5.91 Å². The number of fused-ring (bicyclic) bond motifs is 1. The lowest BCUT2D eigenvalue weighted by Crippen LogP contribution is -2.47. The van der Waals surface area contributed by atoms with Gasteiger partial charge in [-0.1, -0.05) is 19.4 Å². The molecule has 1 aliphatic heterocycles. The number of nitrogens with zero attached hydrogens (tertiary/aromatic N) is 1. The summed E-state index contributed by atoms with van der Waals surface area (Å²) >= 11 is 0. The van der Waals surface area contributed by atoms with Crippen molar-refractivity contribution in [2.24, 2.45) is 5.41 Å². The van der Waals surface area contributed by atoms with Crippen LogP contribution in [-0.2, 0) is 4.79 Å². The van der Waals surface area contributed by atoms with E-state index in [0.717, 1.165) is 24.8 Å². The zero-order valence-electron chi connectivity index (χ0n) is 13.5. The van der Waals surface area contributed by atoms with Gasteiger partial charge in [0.1, 0.15) is 12.4 Å². The SMILES string of the molecule is C[C@@H]1c2ccc(C(=O)NO)cc2OCCN1C(=O)C1(C)CCC1. The van der Waals surface area contributed by atoms with Gasteiger partial charge in [-0.15, -0.1) is 0 Å². The van der Waals surface area contributed by atoms with Crippen LogP contribution in [0.4, 0.5) is 0 Å². The molecule has 0 spiro atoms. The van der Waals surface area contributed by atoms with Crippen LogP contribution in [0.1, 0.15) is 55.1 Å². The number of hydrogen-bond donors (Lipinski definition) is 2. The Morgan fingerprint density at radius 3 is 2.74 bits per heavy atom. The van der Waals surface area contributed by atoms with Crippen molar-refractivity contribution in [1.82, 2.24) is 10.4 Å². The van der Waals surface area contributed by atoms with Crippen LogP contribution in [0.15, 0.2) is 18.2 Å². The summed E-state index contributed by atoms with van der Waals surface area (Å²) in [5.41, 5.74) is 2.58. The molecule has 1 heterocycles. The van der Waals surface area contributed by atoms with Gasteiger partial charge in [-0.3, -0.25) is 14.8 Å². The summed E-state index contributed by atoms with van der Waals surface area (Å²) in [6.45, 7) is 4.95. The van der Waals surface area contributed by atoms with Crippen molar-refractivity contribution in [1.29, 1.82) is 0 Å². The lowest BCUT2D eigenvalue weighted by Gasteiger charge is -2.42. The first kappa shape index (κ1) is 15.8. The van der Waals surface area contributed by atoms with Crippen molar-refractivity contribution < 1.29 is 19.5 Å². The molecule has 23 heavy (non-hydrogen) atoms. The maximum Gasteiger partial charge on any atom is 0.274 e. The molecule has 1 atom stereocenters. The molecule has 6 heteroatoms. The van der Waals surface area contributed by atoms with Crippen LogP contribution in [0.5, 0.6) is 5.75 Å². The smallest absolute Gasteiger partial charge is 0.274 e. The maximum absolute atomic E-state index is 12.9. The Balaban J connectivity index is 1.89. The Morgan fingerprint density at radius 2 is 2.13 bits per heavy atom. The molecule has 1 fully saturated rings. The van der Waals surface area contributed by atoms with E-state index in [0.29, 0.717) is 24.5 Å². The monoisotopic (exact) mass is 318 g/mol. The fourth-order valence-electron chi connectivity index (χ4n) is 3.37. The number of nitrogens with one attached hydrogen (secondary N) is 1. The van der Waals surface area contributed by atoms with Gasteiger partial charge < -0.3 is 9.64 Å². The highest BCUT2D eigenvalue weighted by atomic mass is 16.5. The molecular weight excluding hydrogens is 296 g/mol. The van der Waals surface area contributed by atoms with Gasteiger partial charge in [0.2, 0.25) is 5.91 Å². The van der Waals surface area contributed by atoms with E-state index in [1.807, 2.05) is 18.7 Å². The largest absolute Gasteiger partial charge is 0.491 e. The van der Waals surface area contributed by atoms with E-state index in [1.54, 1.807) is 23.7 Å². The number of benzene rings is 1. The van der Waals surface area contributed by atoms with Crippen molar-refractivity contribution in [2.75, 3.05) is 13.2 Å². The Bertz CT molecular complexity index is 639. The van der Waals surface area contributed by atoms with E-state index in [2.05, 4.69) is 0 Å². The highest BCUT2D eigenvalue weighted by Crippen LogP contribution is 2.44. The zero-order valence-corrected chi connectivity index (χ0v) is 13.5. The quantitative estimate of drug-likeness (QED) is 0.648. The number of hydrogen-bond acceptors (Lipinski definition) is 4. The number of amides is 2. The van der Waals surface area contributed by atoms with E-state index >= 15 is 0 Å². The lowest BCUT2D eigenvalue weighted by atomic mass is 9.69. The van der Waals surface area contributed by atoms with E-state index in [1.165, 1.54) is 0 Å². The van der Waals surface area contributed by atoms with Gasteiger partial charge in [-0.25, -0.2) is 5.48 Å². The van der Waals surface area contributed by atoms with E-state index in [-0.39, 0.29) is 17.4 Å². The summed E-state index contributed by atoms with van der Waals surface area (Å²) in [7, 11) is 0. The summed E-state index contributed by atoms with van der Waals surface area (Å²) < 4.78 is 5.74. The molecule has 1 aromatic rings. The minimum atomic E-state index is -0.580. The third-order valence-corrected chi connectivity index (χ3v) is 5.12. The Kier molecular flexibility index (Phi) is 4.02. The molecule has 2 aliphatic rings. The average molecular weight is 318 g/mol. The minimum Gasteiger partial charge on any atom is -0.491 e. The molecule has 3 rings (SSSR count). The molecule has 0 radical (unpaired) electrons. The van der Waals surface area contributed by atoms with Crippen molar-refractivity contribution in [3.8, 4) is 5.75 Å². The number of carbonyl (C=O) groups excluding carboxylic acids is 2. The number of carbonyl (C=O) groups is 2. The van der Waals surface area contributed by atoms with Crippen LogP contribution in [0.2, 0.25) is 0 Å². The molecule has 2 amide bonds. The third kappa shape index (κ3) is 2.67. The third-order valence-electron chi connectivity index (χ3n) is 5.12. The Labute approximate surface area is 135 Å². The molecule has 1 aromatic carbocycles. The molecule has 1 saturated carbocycles. The Morgan fingerprint density at radius 1 is 1.39 bits per heavy atom. The van der Waals surface area contributed by atoms with Crippen molar-refractivity contribution in [3.05, 3.63) is 29.3 Å². The summed E-state index contributed by atoms with van der Waals surface area (Å²) in [4.78, 5) is 26.3. The predicted molar refractivity (Wildman–Crippen MR) is 83.3 cm³/mol. The van der Waals surface area contributed by atoms with Gasteiger partial charge in [-0.2, -0.15) is 0 Å². The van der Waals surface area contributed by atoms with Gasteiger partial charge in [0.25, 0.3) is 5.91 Å². The minimum absolute atomic E-state index is 0.108. The first-order valence-electron chi connectivity index (χ1n) is 7.98. The maximum atomic E-state index is 12.9. The summed E-state index contributed by atoms with van der Waals surface area (Å²) in [6, 6.07) is 4.92. The highest BCUT2D eigenvalue weighted by molar-refractivity contribution is 5.94. The molecular formula is C17H22N2O4. The van der Waals surface area contributed by atoms with Gasteiger partial charge >= 0.3 is 0 Å². The first-order chi connectivity index (χ1) is 11.0. The molecule has 0 bridgehead atoms. The van der Waals surface area contributed by atoms with Crippen LogP contribution in [0.25, 0.3) is 0 Å². The van der Waals surface area contributed by atoms with Gasteiger partial charge in [-0.05, 0) is 31.9 Å². The van der Waals surface area contributed by atoms with Crippen LogP contribution >= 0.6 is 0 Å². The normalized spacial score (nSPS) is 22.2. The lowest BCUT2D eigenvalue weighted by molar-refractivity contribution is -0.148. The predicted octanol–water partition coefficient (Wildman–Crippen LogP) is 2.28. The fraction of sp³-hybridized carbons (Fsp3) is 0.529. The first-order valence-corrected chi connectivity index (χ1v) is 7.98. The fourth-order valence-corrected chi connectivity index (χ4v) is 3.37. The van der Waals surface area contributed by atoms with Crippen LogP contribution in [-0.4, -0.2) is 35.1 Å². The van der Waals surface area contributed by atoms with Gasteiger partial charge in [0, 0.05) is 16.5 Å². The second-order valence-corrected chi connectivity index (χ2v) is 6.63. The Hall–Kier alpha value is -2.08. The number of hydroxylamine groups is 1. The van der Waals surface area contributed by atoms with Crippen LogP contribution in [0, 0.1) is 5.41 Å². The van der Waals surface area contributed by atoms with Crippen molar-refractivity contribution in [3.63, 3.8) is 0 Å². The second kappa shape index (κ2) is 5.85. The topological polar surface area (TPSA) is 78.9 Å². The second-order valence-electron chi connectivity index (χ2n) is 6.63. The molecule has 1 aliphatic carbocycles. The van der Waals surface area contributed by atoms with Gasteiger partial charge in [0.05, 0.1) is 12.6 Å². The summed E-state index contributed by atoms with van der Waals surface area (Å²) in [5, 5.41) is 8.74. The highest BCUT2D eigenvalue weighted by Gasteiger charge is 2.43. The molecule has 0 unspecified atom stereocenters. The molecule has 0 aromatic heterocycles. The van der Waals surface area contributed by atoms with E-state index in [9.17, 15) is 9.59 Å². The molecule has 6 nitrogen and oxygen atoms in total. The zero-order chi connectivity index (χ0) is 16.6. The summed E-state index contributed by atoms with van der Waals surface area (Å²) in [6.07, 6.45) is 2.99. The van der Waals surface area contributed by atoms with Crippen molar-refractivity contribution >= 4 is 11.8 Å². The standard InChI is InChI=1S/C17H22N2O4/c1-11-13-5-4-12(15(20)18-22)10-14(13)23-9-8-19(11)16(21)17(2)6-3-7-17/h4-5,10-11,22H,3,6-9H2,1-2H3,(H,18,20)/t11-/m1/s1.